The third-order valence-corrected chi connectivity index (χ3v) is 5.15. The molecule has 3 aromatic rings. The minimum atomic E-state index is 0.403. The van der Waals surface area contributed by atoms with E-state index in [-0.39, 0.29) is 0 Å². The molecule has 5 nitrogen and oxygen atoms in total. The summed E-state index contributed by atoms with van der Waals surface area (Å²) in [6.45, 7) is 7.98. The Kier molecular flexibility index (Phi) is 5.84. The van der Waals surface area contributed by atoms with Crippen molar-refractivity contribution in [2.45, 2.75) is 39.3 Å². The highest BCUT2D eigenvalue weighted by molar-refractivity contribution is 5.67. The molecule has 0 bridgehead atoms. The molecule has 1 aliphatic heterocycles. The first-order valence-electron chi connectivity index (χ1n) is 10.1. The van der Waals surface area contributed by atoms with Crippen LogP contribution >= 0.6 is 0 Å². The average Bonchev–Trinajstić information content (AvgIpc) is 3.36. The number of nitrogens with zero attached hydrogens (tertiary/aromatic N) is 3. The van der Waals surface area contributed by atoms with Gasteiger partial charge in [-0.05, 0) is 29.5 Å². The summed E-state index contributed by atoms with van der Waals surface area (Å²) in [6.07, 6.45) is 2.64. The van der Waals surface area contributed by atoms with Crippen molar-refractivity contribution in [1.29, 1.82) is 0 Å². The molecule has 1 atom stereocenters. The molecular weight excluding hydrogens is 350 g/mol. The molecule has 0 unspecified atom stereocenters. The molecule has 2 heterocycles. The Morgan fingerprint density at radius 3 is 2.36 bits per heavy atom. The molecule has 0 N–H and O–H groups in total. The molecule has 5 heteroatoms. The molecule has 1 fully saturated rings. The molecule has 1 saturated heterocycles. The number of likely N-dealkylation sites (tertiary alicyclic amines) is 1. The van der Waals surface area contributed by atoms with Crippen LogP contribution in [0.3, 0.4) is 0 Å². The molecule has 0 radical (unpaired) electrons. The summed E-state index contributed by atoms with van der Waals surface area (Å²) >= 11 is 0. The van der Waals surface area contributed by atoms with Crippen molar-refractivity contribution in [3.8, 4) is 22.5 Å². The van der Waals surface area contributed by atoms with Crippen LogP contribution < -0.4 is 0 Å². The summed E-state index contributed by atoms with van der Waals surface area (Å²) in [4.78, 5) is 6.76. The third kappa shape index (κ3) is 4.49. The van der Waals surface area contributed by atoms with Crippen LogP contribution in [-0.2, 0) is 11.3 Å². The largest absolute Gasteiger partial charge is 0.377 e. The highest BCUT2D eigenvalue weighted by Gasteiger charge is 2.22. The lowest BCUT2D eigenvalue weighted by molar-refractivity contribution is 0.0590. The van der Waals surface area contributed by atoms with Crippen LogP contribution in [-0.4, -0.2) is 40.8 Å². The second-order valence-corrected chi connectivity index (χ2v) is 7.43. The lowest BCUT2D eigenvalue weighted by atomic mass is 10.0. The predicted molar refractivity (Wildman–Crippen MR) is 110 cm³/mol. The highest BCUT2D eigenvalue weighted by Crippen LogP contribution is 2.24. The zero-order valence-electron chi connectivity index (χ0n) is 16.6. The fourth-order valence-electron chi connectivity index (χ4n) is 3.65. The summed E-state index contributed by atoms with van der Waals surface area (Å²) in [6, 6.07) is 17.1. The maximum absolute atomic E-state index is 5.88. The van der Waals surface area contributed by atoms with Gasteiger partial charge >= 0.3 is 0 Å². The summed E-state index contributed by atoms with van der Waals surface area (Å²) in [5.41, 5.74) is 4.71. The molecular formula is C23H27N3O2. The highest BCUT2D eigenvalue weighted by atomic mass is 16.5. The van der Waals surface area contributed by atoms with Crippen LogP contribution in [0.2, 0.25) is 0 Å². The monoisotopic (exact) mass is 377 g/mol. The van der Waals surface area contributed by atoms with Crippen molar-refractivity contribution in [3.05, 3.63) is 60.0 Å². The van der Waals surface area contributed by atoms with Gasteiger partial charge in [-0.1, -0.05) is 60.6 Å². The Labute approximate surface area is 166 Å². The summed E-state index contributed by atoms with van der Waals surface area (Å²) in [7, 11) is 0. The summed E-state index contributed by atoms with van der Waals surface area (Å²) in [5, 5.41) is 3.97. The van der Waals surface area contributed by atoms with E-state index in [0.717, 1.165) is 44.6 Å². The second kappa shape index (κ2) is 8.67. The average molecular weight is 377 g/mol. The Hall–Kier alpha value is -2.50. The molecule has 1 aliphatic rings. The minimum Gasteiger partial charge on any atom is -0.377 e. The van der Waals surface area contributed by atoms with Crippen molar-refractivity contribution in [2.75, 3.05) is 19.7 Å². The first-order chi connectivity index (χ1) is 13.7. The number of aryl methyl sites for hydroxylation is 1. The Balaban J connectivity index is 1.37. The quantitative estimate of drug-likeness (QED) is 0.597. The van der Waals surface area contributed by atoms with Crippen LogP contribution in [0, 0.1) is 6.92 Å². The third-order valence-electron chi connectivity index (χ3n) is 5.15. The zero-order valence-corrected chi connectivity index (χ0v) is 16.6. The Morgan fingerprint density at radius 1 is 1.04 bits per heavy atom. The molecule has 28 heavy (non-hydrogen) atoms. The van der Waals surface area contributed by atoms with Gasteiger partial charge in [0.05, 0.1) is 6.10 Å². The van der Waals surface area contributed by atoms with Crippen molar-refractivity contribution in [2.24, 2.45) is 0 Å². The van der Waals surface area contributed by atoms with Gasteiger partial charge in [0.15, 0.2) is 0 Å². The van der Waals surface area contributed by atoms with Crippen molar-refractivity contribution >= 4 is 0 Å². The maximum atomic E-state index is 5.88. The van der Waals surface area contributed by atoms with E-state index in [2.05, 4.69) is 58.4 Å². The van der Waals surface area contributed by atoms with Crippen molar-refractivity contribution in [3.63, 3.8) is 0 Å². The smallest absolute Gasteiger partial charge is 0.223 e. The topological polar surface area (TPSA) is 51.4 Å². The van der Waals surface area contributed by atoms with Crippen LogP contribution in [0.5, 0.6) is 0 Å². The number of ether oxygens (including phenoxy) is 1. The van der Waals surface area contributed by atoms with Gasteiger partial charge in [-0.3, -0.25) is 4.90 Å². The molecule has 1 aromatic heterocycles. The van der Waals surface area contributed by atoms with Gasteiger partial charge in [0.25, 0.3) is 0 Å². The molecule has 2 aromatic carbocycles. The van der Waals surface area contributed by atoms with E-state index < -0.39 is 0 Å². The van der Waals surface area contributed by atoms with Gasteiger partial charge in [0, 0.05) is 38.7 Å². The second-order valence-electron chi connectivity index (χ2n) is 7.43. The number of hydrogen-bond acceptors (Lipinski definition) is 5. The summed E-state index contributed by atoms with van der Waals surface area (Å²) < 4.78 is 10.9. The van der Waals surface area contributed by atoms with Gasteiger partial charge < -0.3 is 9.26 Å². The van der Waals surface area contributed by atoms with Gasteiger partial charge in [-0.25, -0.2) is 0 Å². The SMILES string of the molecule is CCCO[C@H]1CCN(Cc2ccc(-c3ccc(-c4noc(C)n4)cc3)cc2)C1. The Bertz CT molecular complexity index is 887. The number of aromatic nitrogens is 2. The molecule has 0 spiro atoms. The standard InChI is InChI=1S/C23H27N3O2/c1-3-14-27-22-12-13-26(16-22)15-18-4-6-19(7-5-18)20-8-10-21(11-9-20)23-24-17(2)28-25-23/h4-11,22H,3,12-16H2,1-2H3/t22-/m0/s1. The van der Waals surface area contributed by atoms with E-state index in [9.17, 15) is 0 Å². The van der Waals surface area contributed by atoms with E-state index in [1.54, 1.807) is 6.92 Å². The fraction of sp³-hybridized carbons (Fsp3) is 0.391. The molecule has 0 aliphatic carbocycles. The lowest BCUT2D eigenvalue weighted by Crippen LogP contribution is -2.23. The number of hydrogen-bond donors (Lipinski definition) is 0. The maximum Gasteiger partial charge on any atom is 0.223 e. The van der Waals surface area contributed by atoms with Crippen molar-refractivity contribution in [1.82, 2.24) is 15.0 Å². The van der Waals surface area contributed by atoms with Crippen LogP contribution in [0.1, 0.15) is 31.2 Å². The Morgan fingerprint density at radius 2 is 1.71 bits per heavy atom. The van der Waals surface area contributed by atoms with E-state index >= 15 is 0 Å². The molecule has 4 rings (SSSR count). The van der Waals surface area contributed by atoms with Gasteiger partial charge in [0.1, 0.15) is 0 Å². The van der Waals surface area contributed by atoms with Crippen molar-refractivity contribution < 1.29 is 9.26 Å². The normalized spacial score (nSPS) is 17.3. The van der Waals surface area contributed by atoms with Gasteiger partial charge in [-0.15, -0.1) is 0 Å². The van der Waals surface area contributed by atoms with E-state index in [0.29, 0.717) is 17.8 Å². The number of rotatable bonds is 7. The van der Waals surface area contributed by atoms with E-state index in [1.165, 1.54) is 16.7 Å². The molecule has 0 saturated carbocycles. The first kappa shape index (κ1) is 18.8. The molecule has 0 amide bonds. The van der Waals surface area contributed by atoms with Gasteiger partial charge in [0.2, 0.25) is 11.7 Å². The minimum absolute atomic E-state index is 0.403. The van der Waals surface area contributed by atoms with E-state index in [4.69, 9.17) is 9.26 Å². The first-order valence-corrected chi connectivity index (χ1v) is 10.1. The fourth-order valence-corrected chi connectivity index (χ4v) is 3.65. The molecule has 146 valence electrons. The zero-order chi connectivity index (χ0) is 19.3. The van der Waals surface area contributed by atoms with Crippen LogP contribution in [0.4, 0.5) is 0 Å². The van der Waals surface area contributed by atoms with Gasteiger partial charge in [-0.2, -0.15) is 4.98 Å². The van der Waals surface area contributed by atoms with E-state index in [1.807, 2.05) is 12.1 Å². The lowest BCUT2D eigenvalue weighted by Gasteiger charge is -2.16. The summed E-state index contributed by atoms with van der Waals surface area (Å²) in [5.74, 6) is 1.21. The van der Waals surface area contributed by atoms with Crippen LogP contribution in [0.25, 0.3) is 22.5 Å². The number of benzene rings is 2. The predicted octanol–water partition coefficient (Wildman–Crippen LogP) is 4.71. The van der Waals surface area contributed by atoms with Crippen LogP contribution in [0.15, 0.2) is 53.1 Å².